The topological polar surface area (TPSA) is 54.5 Å². The molecule has 1 aliphatic rings. The first kappa shape index (κ1) is 18.4. The van der Waals surface area contributed by atoms with Crippen LogP contribution in [0.3, 0.4) is 0 Å². The second-order valence-electron chi connectivity index (χ2n) is 5.44. The molecule has 1 aliphatic heterocycles. The van der Waals surface area contributed by atoms with Crippen molar-refractivity contribution in [1.82, 2.24) is 4.31 Å². The van der Waals surface area contributed by atoms with E-state index in [1.54, 1.807) is 18.2 Å². The zero-order valence-corrected chi connectivity index (χ0v) is 15.1. The van der Waals surface area contributed by atoms with Gasteiger partial charge in [0.1, 0.15) is 0 Å². The third kappa shape index (κ3) is 3.74. The third-order valence-electron chi connectivity index (χ3n) is 3.97. The smallest absolute Gasteiger partial charge is 0.243 e. The normalized spacial score (nSPS) is 14.3. The van der Waals surface area contributed by atoms with E-state index in [2.05, 4.69) is 0 Å². The Bertz CT molecular complexity index is 828. The van der Waals surface area contributed by atoms with Gasteiger partial charge in [0.15, 0.2) is 5.78 Å². The lowest BCUT2D eigenvalue weighted by Gasteiger charge is -2.28. The molecule has 0 N–H and O–H groups in total. The highest BCUT2D eigenvalue weighted by Gasteiger charge is 2.28. The zero-order valence-electron chi connectivity index (χ0n) is 14.3. The second-order valence-corrected chi connectivity index (χ2v) is 7.38. The quantitative estimate of drug-likeness (QED) is 0.798. The van der Waals surface area contributed by atoms with E-state index in [0.29, 0.717) is 25.1 Å². The van der Waals surface area contributed by atoms with Gasteiger partial charge in [-0.3, -0.25) is 4.79 Å². The van der Waals surface area contributed by atoms with Crippen molar-refractivity contribution in [2.24, 2.45) is 0 Å². The Labute approximate surface area is 144 Å². The number of fused-ring (bicyclic) bond motifs is 1. The first-order valence-corrected chi connectivity index (χ1v) is 9.60. The number of Topliss-reactive ketones (excluding diaryl/α,β-unsaturated/α-hetero) is 1. The van der Waals surface area contributed by atoms with E-state index in [1.807, 2.05) is 38.1 Å². The molecule has 0 bridgehead atoms. The van der Waals surface area contributed by atoms with Crippen molar-refractivity contribution >= 4 is 15.8 Å². The molecule has 5 heteroatoms. The second kappa shape index (κ2) is 7.73. The standard InChI is InChI=1S/C17H17NO3S.C2H6/c1-13(19)15-7-4-8-17(11-15)22(20,21)18-10-9-14-5-2-3-6-16(14)12-18;1-2/h2-8,11H,9-10,12H2,1H3;1-2H3. The maximum atomic E-state index is 12.8. The van der Waals surface area contributed by atoms with Crippen LogP contribution in [0.5, 0.6) is 0 Å². The first-order chi connectivity index (χ1) is 11.5. The lowest BCUT2D eigenvalue weighted by Crippen LogP contribution is -2.36. The number of hydrogen-bond donors (Lipinski definition) is 0. The van der Waals surface area contributed by atoms with Crippen molar-refractivity contribution in [2.75, 3.05) is 6.54 Å². The predicted octanol–water partition coefficient (Wildman–Crippen LogP) is 3.66. The number of benzene rings is 2. The number of carbonyl (C=O) groups excluding carboxylic acids is 1. The lowest BCUT2D eigenvalue weighted by atomic mass is 10.0. The summed E-state index contributed by atoms with van der Waals surface area (Å²) in [6, 6.07) is 14.1. The summed E-state index contributed by atoms with van der Waals surface area (Å²) in [5.74, 6) is -0.138. The van der Waals surface area contributed by atoms with Crippen molar-refractivity contribution in [3.05, 3.63) is 65.2 Å². The van der Waals surface area contributed by atoms with E-state index >= 15 is 0 Å². The Morgan fingerprint density at radius 1 is 1.00 bits per heavy atom. The summed E-state index contributed by atoms with van der Waals surface area (Å²) in [7, 11) is -3.58. The van der Waals surface area contributed by atoms with Gasteiger partial charge in [-0.1, -0.05) is 50.2 Å². The summed E-state index contributed by atoms with van der Waals surface area (Å²) in [4.78, 5) is 11.6. The SMILES string of the molecule is CC.CC(=O)c1cccc(S(=O)(=O)N2CCc3ccccc3C2)c1. The zero-order chi connectivity index (χ0) is 17.7. The van der Waals surface area contributed by atoms with Gasteiger partial charge in [-0.05, 0) is 36.6 Å². The van der Waals surface area contributed by atoms with Crippen molar-refractivity contribution in [3.8, 4) is 0 Å². The fourth-order valence-corrected chi connectivity index (χ4v) is 4.16. The van der Waals surface area contributed by atoms with Gasteiger partial charge >= 0.3 is 0 Å². The molecule has 0 aromatic heterocycles. The molecule has 0 amide bonds. The number of ketones is 1. The van der Waals surface area contributed by atoms with Gasteiger partial charge in [0.2, 0.25) is 10.0 Å². The molecule has 0 atom stereocenters. The molecule has 2 aromatic carbocycles. The number of carbonyl (C=O) groups is 1. The Hall–Kier alpha value is -1.98. The molecule has 24 heavy (non-hydrogen) atoms. The van der Waals surface area contributed by atoms with Crippen LogP contribution in [0, 0.1) is 0 Å². The summed E-state index contributed by atoms with van der Waals surface area (Å²) in [5, 5.41) is 0. The van der Waals surface area contributed by atoms with Crippen molar-refractivity contribution in [2.45, 2.75) is 38.6 Å². The van der Waals surface area contributed by atoms with Crippen molar-refractivity contribution in [3.63, 3.8) is 0 Å². The summed E-state index contributed by atoms with van der Waals surface area (Å²) < 4.78 is 27.1. The Balaban J connectivity index is 0.00000100. The highest BCUT2D eigenvalue weighted by molar-refractivity contribution is 7.89. The van der Waals surface area contributed by atoms with Crippen LogP contribution >= 0.6 is 0 Å². The Morgan fingerprint density at radius 3 is 2.33 bits per heavy atom. The molecular formula is C19H23NO3S. The summed E-state index contributed by atoms with van der Waals surface area (Å²) in [6.45, 7) is 6.27. The van der Waals surface area contributed by atoms with Gasteiger partial charge in [0.05, 0.1) is 4.90 Å². The van der Waals surface area contributed by atoms with Gasteiger partial charge in [0, 0.05) is 18.7 Å². The number of hydrogen-bond acceptors (Lipinski definition) is 3. The van der Waals surface area contributed by atoms with E-state index in [9.17, 15) is 13.2 Å². The minimum atomic E-state index is -3.58. The van der Waals surface area contributed by atoms with Gasteiger partial charge < -0.3 is 0 Å². The molecule has 0 fully saturated rings. The maximum absolute atomic E-state index is 12.8. The predicted molar refractivity (Wildman–Crippen MR) is 95.5 cm³/mol. The first-order valence-electron chi connectivity index (χ1n) is 8.16. The van der Waals surface area contributed by atoms with Crippen LogP contribution in [0.2, 0.25) is 0 Å². The highest BCUT2D eigenvalue weighted by atomic mass is 32.2. The fraction of sp³-hybridized carbons (Fsp3) is 0.316. The van der Waals surface area contributed by atoms with Crippen LogP contribution in [0.4, 0.5) is 0 Å². The molecular weight excluding hydrogens is 322 g/mol. The van der Waals surface area contributed by atoms with Gasteiger partial charge in [0.25, 0.3) is 0 Å². The minimum absolute atomic E-state index is 0.138. The Morgan fingerprint density at radius 2 is 1.67 bits per heavy atom. The maximum Gasteiger partial charge on any atom is 0.243 e. The van der Waals surface area contributed by atoms with Crippen LogP contribution in [-0.2, 0) is 23.0 Å². The van der Waals surface area contributed by atoms with Crippen molar-refractivity contribution < 1.29 is 13.2 Å². The van der Waals surface area contributed by atoms with Crippen LogP contribution in [0.25, 0.3) is 0 Å². The molecule has 0 unspecified atom stereocenters. The van der Waals surface area contributed by atoms with E-state index in [4.69, 9.17) is 0 Å². The van der Waals surface area contributed by atoms with Gasteiger partial charge in [-0.2, -0.15) is 4.31 Å². The fourth-order valence-electron chi connectivity index (χ4n) is 2.70. The molecule has 0 saturated heterocycles. The Kier molecular flexibility index (Phi) is 5.91. The lowest BCUT2D eigenvalue weighted by molar-refractivity contribution is 0.101. The third-order valence-corrected chi connectivity index (χ3v) is 5.82. The van der Waals surface area contributed by atoms with Crippen LogP contribution in [-0.4, -0.2) is 25.1 Å². The van der Waals surface area contributed by atoms with Gasteiger partial charge in [-0.15, -0.1) is 0 Å². The average molecular weight is 345 g/mol. The summed E-state index contributed by atoms with van der Waals surface area (Å²) in [6.07, 6.45) is 0.710. The van der Waals surface area contributed by atoms with Crippen LogP contribution in [0.15, 0.2) is 53.4 Å². The van der Waals surface area contributed by atoms with E-state index in [1.165, 1.54) is 22.9 Å². The molecule has 0 saturated carbocycles. The molecule has 0 radical (unpaired) electrons. The number of rotatable bonds is 3. The summed E-state index contributed by atoms with van der Waals surface area (Å²) >= 11 is 0. The monoisotopic (exact) mass is 345 g/mol. The highest BCUT2D eigenvalue weighted by Crippen LogP contribution is 2.25. The van der Waals surface area contributed by atoms with Crippen molar-refractivity contribution in [1.29, 1.82) is 0 Å². The van der Waals surface area contributed by atoms with E-state index in [0.717, 1.165) is 5.56 Å². The van der Waals surface area contributed by atoms with Gasteiger partial charge in [-0.25, -0.2) is 8.42 Å². The number of nitrogens with zero attached hydrogens (tertiary/aromatic N) is 1. The molecule has 1 heterocycles. The molecule has 3 rings (SSSR count). The summed E-state index contributed by atoms with van der Waals surface area (Å²) in [5.41, 5.74) is 2.66. The number of sulfonamides is 1. The minimum Gasteiger partial charge on any atom is -0.295 e. The largest absolute Gasteiger partial charge is 0.295 e. The van der Waals surface area contributed by atoms with Crippen LogP contribution < -0.4 is 0 Å². The van der Waals surface area contributed by atoms with Crippen LogP contribution in [0.1, 0.15) is 42.3 Å². The molecule has 0 aliphatic carbocycles. The average Bonchev–Trinajstić information content (AvgIpc) is 2.63. The van der Waals surface area contributed by atoms with E-state index < -0.39 is 10.0 Å². The molecule has 0 spiro atoms. The molecule has 2 aromatic rings. The van der Waals surface area contributed by atoms with E-state index in [-0.39, 0.29) is 10.7 Å². The molecule has 128 valence electrons. The molecule has 4 nitrogen and oxygen atoms in total.